The van der Waals surface area contributed by atoms with E-state index in [1.165, 1.54) is 0 Å². The molecule has 3 rings (SSSR count). The molecule has 5 heteroatoms. The Kier molecular flexibility index (Phi) is 7.49. The lowest BCUT2D eigenvalue weighted by Gasteiger charge is -2.42. The number of carbonyl (C=O) groups is 2. The van der Waals surface area contributed by atoms with Gasteiger partial charge in [-0.05, 0) is 53.5 Å². The van der Waals surface area contributed by atoms with Crippen LogP contribution < -0.4 is 5.32 Å². The Hall–Kier alpha value is -2.95. The molecule has 2 aromatic rings. The van der Waals surface area contributed by atoms with Gasteiger partial charge in [0.1, 0.15) is 0 Å². The Bertz CT molecular complexity index is 949. The standard InChI is InChI=1S/C27H35N3O2/c1-5-13-29-25(32)27(12-7-16-30(20-27)24(31)19-26(2,3)4)18-21-8-6-9-23(17-21)22-10-14-28-15-11-22/h5-6,8-11,14-15,17H,1,7,12-13,16,18-20H2,2-4H3,(H,29,32)/t27-/m0/s1. The van der Waals surface area contributed by atoms with E-state index in [2.05, 4.69) is 55.9 Å². The van der Waals surface area contributed by atoms with E-state index in [-0.39, 0.29) is 17.2 Å². The van der Waals surface area contributed by atoms with Crippen molar-refractivity contribution in [2.45, 2.75) is 46.5 Å². The fraction of sp³-hybridized carbons (Fsp3) is 0.444. The topological polar surface area (TPSA) is 62.3 Å². The van der Waals surface area contributed by atoms with Gasteiger partial charge in [0.15, 0.2) is 0 Å². The molecule has 1 aromatic heterocycles. The first-order valence-corrected chi connectivity index (χ1v) is 11.4. The lowest BCUT2D eigenvalue weighted by atomic mass is 9.73. The molecule has 1 aliphatic heterocycles. The molecule has 2 amide bonds. The van der Waals surface area contributed by atoms with E-state index in [0.717, 1.165) is 29.5 Å². The summed E-state index contributed by atoms with van der Waals surface area (Å²) >= 11 is 0. The molecule has 2 heterocycles. The highest BCUT2D eigenvalue weighted by Crippen LogP contribution is 2.36. The third kappa shape index (κ3) is 6.06. The van der Waals surface area contributed by atoms with Gasteiger partial charge in [-0.15, -0.1) is 6.58 Å². The lowest BCUT2D eigenvalue weighted by molar-refractivity contribution is -0.142. The first-order valence-electron chi connectivity index (χ1n) is 11.4. The minimum atomic E-state index is -0.647. The van der Waals surface area contributed by atoms with Gasteiger partial charge >= 0.3 is 0 Å². The molecule has 1 saturated heterocycles. The van der Waals surface area contributed by atoms with E-state index in [0.29, 0.717) is 32.5 Å². The van der Waals surface area contributed by atoms with E-state index in [9.17, 15) is 9.59 Å². The van der Waals surface area contributed by atoms with Crippen molar-refractivity contribution in [1.29, 1.82) is 0 Å². The van der Waals surface area contributed by atoms with Crippen molar-refractivity contribution in [1.82, 2.24) is 15.2 Å². The molecular weight excluding hydrogens is 398 g/mol. The van der Waals surface area contributed by atoms with Crippen LogP contribution in [0.1, 0.15) is 45.6 Å². The van der Waals surface area contributed by atoms with Crippen LogP contribution >= 0.6 is 0 Å². The van der Waals surface area contributed by atoms with Crippen LogP contribution in [-0.4, -0.2) is 41.3 Å². The summed E-state index contributed by atoms with van der Waals surface area (Å²) in [6.45, 7) is 11.5. The highest BCUT2D eigenvalue weighted by Gasteiger charge is 2.43. The van der Waals surface area contributed by atoms with Gasteiger partial charge in [-0.3, -0.25) is 14.6 Å². The van der Waals surface area contributed by atoms with Crippen LogP contribution in [0.4, 0.5) is 0 Å². The normalized spacial score (nSPS) is 18.8. The number of hydrogen-bond acceptors (Lipinski definition) is 3. The SMILES string of the molecule is C=CCNC(=O)[C@]1(Cc2cccc(-c3ccncc3)c2)CCCN(C(=O)CC(C)(C)C)C1. The number of aromatic nitrogens is 1. The molecule has 1 fully saturated rings. The molecule has 0 radical (unpaired) electrons. The van der Waals surface area contributed by atoms with Crippen LogP contribution in [0.15, 0.2) is 61.4 Å². The number of benzene rings is 1. The maximum absolute atomic E-state index is 13.4. The number of rotatable bonds is 7. The van der Waals surface area contributed by atoms with E-state index in [1.807, 2.05) is 23.1 Å². The Labute approximate surface area is 191 Å². The molecule has 0 saturated carbocycles. The highest BCUT2D eigenvalue weighted by atomic mass is 16.2. The number of amides is 2. The minimum absolute atomic E-state index is 0.0000251. The maximum atomic E-state index is 13.4. The number of likely N-dealkylation sites (tertiary alicyclic amines) is 1. The van der Waals surface area contributed by atoms with Gasteiger partial charge in [0, 0.05) is 38.4 Å². The van der Waals surface area contributed by atoms with E-state index in [1.54, 1.807) is 18.5 Å². The summed E-state index contributed by atoms with van der Waals surface area (Å²) in [6.07, 6.45) is 7.92. The predicted octanol–water partition coefficient (Wildman–Crippen LogP) is 4.64. The van der Waals surface area contributed by atoms with Gasteiger partial charge in [0.2, 0.25) is 11.8 Å². The Morgan fingerprint density at radius 3 is 2.62 bits per heavy atom. The monoisotopic (exact) mass is 433 g/mol. The Morgan fingerprint density at radius 1 is 1.19 bits per heavy atom. The zero-order valence-electron chi connectivity index (χ0n) is 19.6. The highest BCUT2D eigenvalue weighted by molar-refractivity contribution is 5.85. The molecule has 1 atom stereocenters. The van der Waals surface area contributed by atoms with Crippen molar-refractivity contribution < 1.29 is 9.59 Å². The van der Waals surface area contributed by atoms with Gasteiger partial charge in [0.05, 0.1) is 5.41 Å². The first-order chi connectivity index (χ1) is 15.2. The third-order valence-electron chi connectivity index (χ3n) is 5.98. The average molecular weight is 434 g/mol. The molecule has 0 spiro atoms. The van der Waals surface area contributed by atoms with Crippen LogP contribution in [0.5, 0.6) is 0 Å². The van der Waals surface area contributed by atoms with Crippen molar-refractivity contribution in [2.24, 2.45) is 10.8 Å². The molecule has 1 aliphatic rings. The molecule has 5 nitrogen and oxygen atoms in total. The molecule has 0 aliphatic carbocycles. The fourth-order valence-corrected chi connectivity index (χ4v) is 4.47. The Balaban J connectivity index is 1.88. The Morgan fingerprint density at radius 2 is 1.94 bits per heavy atom. The summed E-state index contributed by atoms with van der Waals surface area (Å²) in [6, 6.07) is 12.3. The maximum Gasteiger partial charge on any atom is 0.228 e. The van der Waals surface area contributed by atoms with Crippen LogP contribution in [0.2, 0.25) is 0 Å². The van der Waals surface area contributed by atoms with E-state index < -0.39 is 5.41 Å². The van der Waals surface area contributed by atoms with Crippen molar-refractivity contribution in [2.75, 3.05) is 19.6 Å². The molecule has 0 bridgehead atoms. The minimum Gasteiger partial charge on any atom is -0.352 e. The fourth-order valence-electron chi connectivity index (χ4n) is 4.47. The van der Waals surface area contributed by atoms with Gasteiger partial charge < -0.3 is 10.2 Å². The summed E-state index contributed by atoms with van der Waals surface area (Å²) in [4.78, 5) is 32.4. The molecule has 170 valence electrons. The quantitative estimate of drug-likeness (QED) is 0.647. The summed E-state index contributed by atoms with van der Waals surface area (Å²) in [7, 11) is 0. The van der Waals surface area contributed by atoms with Gasteiger partial charge in [-0.2, -0.15) is 0 Å². The number of hydrogen-bond donors (Lipinski definition) is 1. The second-order valence-corrected chi connectivity index (χ2v) is 10.0. The van der Waals surface area contributed by atoms with Crippen molar-refractivity contribution in [3.05, 3.63) is 67.0 Å². The molecule has 0 unspecified atom stereocenters. The number of pyridine rings is 1. The zero-order valence-corrected chi connectivity index (χ0v) is 19.6. The van der Waals surface area contributed by atoms with Crippen LogP contribution in [0.25, 0.3) is 11.1 Å². The summed E-state index contributed by atoms with van der Waals surface area (Å²) in [5, 5.41) is 3.01. The van der Waals surface area contributed by atoms with Crippen LogP contribution in [-0.2, 0) is 16.0 Å². The van der Waals surface area contributed by atoms with Crippen molar-refractivity contribution in [3.8, 4) is 11.1 Å². The molecule has 1 aromatic carbocycles. The molecular formula is C27H35N3O2. The predicted molar refractivity (Wildman–Crippen MR) is 129 cm³/mol. The second kappa shape index (κ2) is 10.1. The van der Waals surface area contributed by atoms with Crippen LogP contribution in [0, 0.1) is 10.8 Å². The first kappa shape index (κ1) is 23.7. The van der Waals surface area contributed by atoms with Crippen molar-refractivity contribution >= 4 is 11.8 Å². The van der Waals surface area contributed by atoms with E-state index >= 15 is 0 Å². The smallest absolute Gasteiger partial charge is 0.228 e. The number of piperidine rings is 1. The summed E-state index contributed by atoms with van der Waals surface area (Å²) < 4.78 is 0. The zero-order chi connectivity index (χ0) is 23.2. The second-order valence-electron chi connectivity index (χ2n) is 10.0. The third-order valence-corrected chi connectivity index (χ3v) is 5.98. The molecule has 1 N–H and O–H groups in total. The number of carbonyl (C=O) groups excluding carboxylic acids is 2. The van der Waals surface area contributed by atoms with Crippen LogP contribution in [0.3, 0.4) is 0 Å². The number of nitrogens with one attached hydrogen (secondary N) is 1. The van der Waals surface area contributed by atoms with E-state index in [4.69, 9.17) is 0 Å². The lowest BCUT2D eigenvalue weighted by Crippen LogP contribution is -2.54. The molecule has 32 heavy (non-hydrogen) atoms. The number of nitrogens with zero attached hydrogens (tertiary/aromatic N) is 2. The summed E-state index contributed by atoms with van der Waals surface area (Å²) in [5.41, 5.74) is 2.56. The summed E-state index contributed by atoms with van der Waals surface area (Å²) in [5.74, 6) is 0.128. The van der Waals surface area contributed by atoms with Crippen molar-refractivity contribution in [3.63, 3.8) is 0 Å². The average Bonchev–Trinajstić information content (AvgIpc) is 2.77. The van der Waals surface area contributed by atoms with Gasteiger partial charge in [-0.25, -0.2) is 0 Å². The van der Waals surface area contributed by atoms with Gasteiger partial charge in [0.25, 0.3) is 0 Å². The van der Waals surface area contributed by atoms with Gasteiger partial charge in [-0.1, -0.05) is 51.1 Å². The largest absolute Gasteiger partial charge is 0.352 e.